The topological polar surface area (TPSA) is 104 Å². The molecule has 0 amide bonds. The van der Waals surface area contributed by atoms with Crippen molar-refractivity contribution in [2.24, 2.45) is 28.2 Å². The van der Waals surface area contributed by atoms with Gasteiger partial charge in [0, 0.05) is 159 Å². The highest BCUT2D eigenvalue weighted by atomic mass is 15.0. The molecule has 0 atom stereocenters. The van der Waals surface area contributed by atoms with Gasteiger partial charge in [0.2, 0.25) is 0 Å². The summed E-state index contributed by atoms with van der Waals surface area (Å²) in [6.07, 6.45) is 0. The summed E-state index contributed by atoms with van der Waals surface area (Å²) in [6, 6.07) is 113. The fraction of sp³-hybridized carbons (Fsp3) is 0.0556. The lowest BCUT2D eigenvalue weighted by atomic mass is 10.1. The third kappa shape index (κ3) is 11.1. The number of para-hydroxylation sites is 5. The van der Waals surface area contributed by atoms with Crippen molar-refractivity contribution < 1.29 is 0 Å². The Kier molecular flexibility index (Phi) is 16.9. The summed E-state index contributed by atoms with van der Waals surface area (Å²) in [5.41, 5.74) is 28.2. The maximum atomic E-state index is 9.83. The van der Waals surface area contributed by atoms with Crippen molar-refractivity contribution in [2.75, 3.05) is 0 Å². The molecule has 8 heterocycles. The van der Waals surface area contributed by atoms with Crippen LogP contribution in [0.15, 0.2) is 315 Å². The molecule has 0 N–H and O–H groups in total. The second-order valence-electron chi connectivity index (χ2n) is 31.3. The van der Waals surface area contributed by atoms with E-state index >= 15 is 0 Å². The Bertz CT molecular complexity index is 8880. The highest BCUT2D eigenvalue weighted by Crippen LogP contribution is 2.45. The Labute approximate surface area is 700 Å². The molecule has 24 aromatic rings. The molecule has 8 aromatic heterocycles. The maximum Gasteiger partial charge on any atom is 0.197 e. The van der Waals surface area contributed by atoms with E-state index in [0.717, 1.165) is 99.3 Å². The minimum absolute atomic E-state index is 0.564. The maximum absolute atomic E-state index is 9.83. The van der Waals surface area contributed by atoms with Gasteiger partial charge in [-0.15, -0.1) is 0 Å². The molecule has 0 saturated heterocycles. The molecule has 16 aromatic carbocycles. The fourth-order valence-electron chi connectivity index (χ4n) is 19.1. The second kappa shape index (κ2) is 28.4. The zero-order chi connectivity index (χ0) is 83.0. The molecule has 0 aliphatic rings. The van der Waals surface area contributed by atoms with E-state index in [1.54, 1.807) is 0 Å². The van der Waals surface area contributed by atoms with Crippen molar-refractivity contribution in [3.8, 4) is 34.9 Å². The average molecular weight is 1560 g/mol. The van der Waals surface area contributed by atoms with E-state index in [1.165, 1.54) is 109 Å². The predicted molar refractivity (Wildman–Crippen MR) is 503 cm³/mol. The van der Waals surface area contributed by atoms with E-state index in [0.29, 0.717) is 33.9 Å². The minimum atomic E-state index is 0.564. The zero-order valence-electron chi connectivity index (χ0n) is 67.3. The van der Waals surface area contributed by atoms with Gasteiger partial charge in [0.05, 0.1) is 98.7 Å². The fourth-order valence-corrected chi connectivity index (χ4v) is 19.1. The lowest BCUT2D eigenvalue weighted by molar-refractivity contribution is 1.01. The highest BCUT2D eigenvalue weighted by Gasteiger charge is 2.24. The summed E-state index contributed by atoms with van der Waals surface area (Å²) in [6.45, 7) is 34.2. The molecule has 14 nitrogen and oxygen atoms in total. The molecule has 572 valence electrons. The molecule has 0 bridgehead atoms. The number of fused-ring (bicyclic) bond motifs is 24. The highest BCUT2D eigenvalue weighted by molar-refractivity contribution is 6.20. The summed E-state index contributed by atoms with van der Waals surface area (Å²) in [4.78, 5) is 14.7. The van der Waals surface area contributed by atoms with Gasteiger partial charge in [-0.3, -0.25) is 0 Å². The Balaban J connectivity index is 0.000000100. The zero-order valence-corrected chi connectivity index (χ0v) is 67.3. The monoisotopic (exact) mass is 1560 g/mol. The first-order valence-electron chi connectivity index (χ1n) is 40.2. The lowest BCUT2D eigenvalue weighted by Gasteiger charge is -2.10. The predicted octanol–water partition coefficient (Wildman–Crippen LogP) is 28.3. The van der Waals surface area contributed by atoms with Crippen molar-refractivity contribution in [3.05, 3.63) is 383 Å². The van der Waals surface area contributed by atoms with Crippen LogP contribution in [0, 0.1) is 62.8 Å². The van der Waals surface area contributed by atoms with Gasteiger partial charge in [-0.1, -0.05) is 175 Å². The van der Waals surface area contributed by atoms with Crippen molar-refractivity contribution in [2.45, 2.75) is 13.8 Å². The number of aryl methyl sites for hydroxylation is 6. The Morgan fingerprint density at radius 2 is 0.549 bits per heavy atom. The van der Waals surface area contributed by atoms with Crippen LogP contribution in [0.4, 0.5) is 22.7 Å². The molecular weight excluding hydrogens is 1490 g/mol. The summed E-state index contributed by atoms with van der Waals surface area (Å²) in [5.74, 6) is 0. The van der Waals surface area contributed by atoms with Crippen molar-refractivity contribution in [3.63, 3.8) is 0 Å². The average Bonchev–Trinajstić information content (AvgIpc) is 1.58. The van der Waals surface area contributed by atoms with E-state index in [9.17, 15) is 10.5 Å². The van der Waals surface area contributed by atoms with Gasteiger partial charge in [0.25, 0.3) is 0 Å². The second-order valence-corrected chi connectivity index (χ2v) is 31.3. The molecule has 0 saturated carbocycles. The number of rotatable bonds is 4. The summed E-state index contributed by atoms with van der Waals surface area (Å²) < 4.78 is 17.9. The van der Waals surface area contributed by atoms with Crippen LogP contribution in [0.2, 0.25) is 0 Å². The SMILES string of the molecule is [C-]#[N+]c1ccc2c(c1)c1cc(C)ccc1n2-c1ccc2c3ccccc3n(C)c2c1.[C-]#[N+]c1ccc2c(c1)c1cccc(C#N)c1n2-c1ccc2c3ccccc3n(C)c2c1.[C-]#[N+]c1ccc2c3ccc(C)cc3n(-c3ccc4c5ccccc5n(C)c4c3)c2c1.[C-]#[N+]c1cccc2c1c1c(C#N)cccc1n2-c1ccc2c3ccccc3n(C)c2c1. The number of aromatic nitrogens is 8. The first-order valence-corrected chi connectivity index (χ1v) is 40.2. The van der Waals surface area contributed by atoms with E-state index in [-0.39, 0.29) is 0 Å². The first kappa shape index (κ1) is 72.6. The van der Waals surface area contributed by atoms with Crippen LogP contribution in [-0.4, -0.2) is 36.5 Å². The molecule has 0 radical (unpaired) electrons. The van der Waals surface area contributed by atoms with Crippen LogP contribution in [0.5, 0.6) is 0 Å². The van der Waals surface area contributed by atoms with Gasteiger partial charge >= 0.3 is 0 Å². The molecule has 14 heteroatoms. The lowest BCUT2D eigenvalue weighted by Crippen LogP contribution is -1.96. The third-order valence-electron chi connectivity index (χ3n) is 24.8. The van der Waals surface area contributed by atoms with E-state index < -0.39 is 0 Å². The van der Waals surface area contributed by atoms with Gasteiger partial charge in [-0.25, -0.2) is 19.4 Å². The molecule has 122 heavy (non-hydrogen) atoms. The number of benzene rings is 16. The standard InChI is InChI=1S/2C27H16N4.2C27H19N3/c1-29-21-9-6-12-24-27(21)26-17(16-28)7-5-11-23(26)31(24)18-13-14-20-19-8-3-4-10-22(19)30(2)25(20)15-18;1-29-18-10-13-25-23(14-18)22-8-5-6-17(16-28)27(22)31(25)19-11-12-21-20-7-3-4-9-24(20)30(2)26(21)15-19;1-17-8-12-25-22(14-17)23-15-18(28-2)9-13-26(23)30(25)19-10-11-21-20-6-4-5-7-24(20)29(3)27(21)16-19;1-17-8-11-22-23-12-9-18(28-2)15-27(23)30(26(22)14-17)19-10-13-21-20-6-4-5-7-24(20)29(3)25(21)16-19/h2*3-15H,2H3;2*4-16H,1,3H3. The number of nitrogens with zero attached hydrogens (tertiary/aromatic N) is 14. The van der Waals surface area contributed by atoms with Crippen molar-refractivity contribution in [1.82, 2.24) is 36.5 Å². The molecule has 0 spiro atoms. The summed E-state index contributed by atoms with van der Waals surface area (Å²) >= 11 is 0. The molecular formula is C108H70N14. The van der Waals surface area contributed by atoms with Crippen molar-refractivity contribution in [1.29, 1.82) is 10.5 Å². The third-order valence-corrected chi connectivity index (χ3v) is 24.8. The number of hydrogen-bond acceptors (Lipinski definition) is 2. The number of nitriles is 2. The Morgan fingerprint density at radius 1 is 0.230 bits per heavy atom. The van der Waals surface area contributed by atoms with E-state index in [4.69, 9.17) is 26.3 Å². The quantitative estimate of drug-likeness (QED) is 0.164. The molecule has 0 aliphatic heterocycles. The first-order chi connectivity index (χ1) is 59.7. The van der Waals surface area contributed by atoms with Crippen molar-refractivity contribution >= 4 is 197 Å². The van der Waals surface area contributed by atoms with Crippen LogP contribution in [0.25, 0.3) is 217 Å². The number of hydrogen-bond donors (Lipinski definition) is 0. The minimum Gasteiger partial charge on any atom is -0.344 e. The van der Waals surface area contributed by atoms with Gasteiger partial charge < -0.3 is 36.5 Å². The van der Waals surface area contributed by atoms with Crippen LogP contribution in [0.3, 0.4) is 0 Å². The van der Waals surface area contributed by atoms with Gasteiger partial charge in [-0.2, -0.15) is 10.5 Å². The van der Waals surface area contributed by atoms with Gasteiger partial charge in [0.15, 0.2) is 22.7 Å². The Hall–Kier alpha value is -17.1. The largest absolute Gasteiger partial charge is 0.344 e. The Morgan fingerprint density at radius 3 is 1.03 bits per heavy atom. The molecule has 24 rings (SSSR count). The molecule has 0 fully saturated rings. The van der Waals surface area contributed by atoms with Crippen LogP contribution in [0.1, 0.15) is 22.3 Å². The van der Waals surface area contributed by atoms with Gasteiger partial charge in [0.1, 0.15) is 6.07 Å². The normalized spacial score (nSPS) is 11.5. The van der Waals surface area contributed by atoms with Crippen LogP contribution >= 0.6 is 0 Å². The molecule has 0 aliphatic carbocycles. The summed E-state index contributed by atoms with van der Waals surface area (Å²) in [7, 11) is 8.43. The molecule has 0 unspecified atom stereocenters. The van der Waals surface area contributed by atoms with Crippen LogP contribution in [-0.2, 0) is 28.2 Å². The van der Waals surface area contributed by atoms with Gasteiger partial charge in [-0.05, 0) is 176 Å². The smallest absolute Gasteiger partial charge is 0.197 e. The summed E-state index contributed by atoms with van der Waals surface area (Å²) in [5, 5.41) is 37.9. The van der Waals surface area contributed by atoms with Crippen LogP contribution < -0.4 is 0 Å². The van der Waals surface area contributed by atoms with E-state index in [1.807, 2.05) is 97.1 Å². The van der Waals surface area contributed by atoms with E-state index in [2.05, 4.69) is 328 Å².